The summed E-state index contributed by atoms with van der Waals surface area (Å²) >= 11 is 1.46. The van der Waals surface area contributed by atoms with E-state index in [1.165, 1.54) is 11.3 Å². The van der Waals surface area contributed by atoms with Gasteiger partial charge in [-0.1, -0.05) is 6.92 Å². The number of hydrogen-bond donors (Lipinski definition) is 0. The van der Waals surface area contributed by atoms with E-state index in [0.29, 0.717) is 12.2 Å². The van der Waals surface area contributed by atoms with Crippen LogP contribution in [0.4, 0.5) is 0 Å². The molecule has 5 heteroatoms. The lowest BCUT2D eigenvalue weighted by Gasteiger charge is -2.32. The summed E-state index contributed by atoms with van der Waals surface area (Å²) in [5.74, 6) is 0.0380. The lowest BCUT2D eigenvalue weighted by Crippen LogP contribution is -2.43. The van der Waals surface area contributed by atoms with Crippen LogP contribution in [-0.4, -0.2) is 41.6 Å². The Hall–Kier alpha value is -0.940. The van der Waals surface area contributed by atoms with Crippen LogP contribution in [0.5, 0.6) is 0 Å². The molecule has 1 amide bonds. The first kappa shape index (κ1) is 12.5. The molecule has 94 valence electrons. The van der Waals surface area contributed by atoms with Gasteiger partial charge in [0.2, 0.25) is 0 Å². The molecule has 1 aromatic heterocycles. The highest BCUT2D eigenvalue weighted by Gasteiger charge is 2.25. The number of carbonyl (C=O) groups is 1. The van der Waals surface area contributed by atoms with Crippen LogP contribution in [0, 0.1) is 0 Å². The third-order valence-electron chi connectivity index (χ3n) is 2.87. The molecular weight excluding hydrogens is 236 g/mol. The first-order valence-electron chi connectivity index (χ1n) is 6.10. The predicted molar refractivity (Wildman–Crippen MR) is 67.3 cm³/mol. The van der Waals surface area contributed by atoms with E-state index in [1.54, 1.807) is 10.9 Å². The molecule has 0 N–H and O–H groups in total. The molecule has 1 unspecified atom stereocenters. The Morgan fingerprint density at radius 2 is 2.59 bits per heavy atom. The molecule has 0 spiro atoms. The summed E-state index contributed by atoms with van der Waals surface area (Å²) in [6.45, 7) is 4.41. The van der Waals surface area contributed by atoms with Gasteiger partial charge in [0.05, 0.1) is 11.6 Å². The topological polar surface area (TPSA) is 42.4 Å². The first-order valence-corrected chi connectivity index (χ1v) is 7.04. The molecular formula is C12H18N2O2S. The molecule has 0 radical (unpaired) electrons. The second kappa shape index (κ2) is 6.12. The van der Waals surface area contributed by atoms with Gasteiger partial charge in [0.25, 0.3) is 5.91 Å². The molecule has 2 rings (SSSR count). The van der Waals surface area contributed by atoms with E-state index in [4.69, 9.17) is 4.74 Å². The monoisotopic (exact) mass is 254 g/mol. The van der Waals surface area contributed by atoms with Crippen molar-refractivity contribution in [2.24, 2.45) is 0 Å². The van der Waals surface area contributed by atoms with Gasteiger partial charge in [-0.3, -0.25) is 4.79 Å². The van der Waals surface area contributed by atoms with E-state index >= 15 is 0 Å². The fourth-order valence-corrected chi connectivity index (χ4v) is 2.55. The van der Waals surface area contributed by atoms with Crippen LogP contribution in [0.1, 0.15) is 36.7 Å². The fourth-order valence-electron chi connectivity index (χ4n) is 2.02. The number of aromatic nitrogens is 1. The second-order valence-corrected chi connectivity index (χ2v) is 4.98. The Bertz CT molecular complexity index is 353. The molecule has 1 saturated heterocycles. The molecule has 0 saturated carbocycles. The summed E-state index contributed by atoms with van der Waals surface area (Å²) < 4.78 is 5.72. The summed E-state index contributed by atoms with van der Waals surface area (Å²) in [4.78, 5) is 18.0. The van der Waals surface area contributed by atoms with Gasteiger partial charge in [-0.25, -0.2) is 4.98 Å². The van der Waals surface area contributed by atoms with Crippen molar-refractivity contribution in [2.45, 2.75) is 32.3 Å². The zero-order valence-corrected chi connectivity index (χ0v) is 10.9. The fraction of sp³-hybridized carbons (Fsp3) is 0.667. The number of amides is 1. The molecule has 4 nitrogen and oxygen atoms in total. The summed E-state index contributed by atoms with van der Waals surface area (Å²) in [5, 5.41) is 1.80. The number of nitrogens with zero attached hydrogens (tertiary/aromatic N) is 2. The minimum Gasteiger partial charge on any atom is -0.376 e. The zero-order valence-electron chi connectivity index (χ0n) is 10.1. The summed E-state index contributed by atoms with van der Waals surface area (Å²) in [6, 6.07) is 0. The molecule has 0 aliphatic carbocycles. The lowest BCUT2D eigenvalue weighted by atomic mass is 10.1. The maximum absolute atomic E-state index is 12.1. The average molecular weight is 254 g/mol. The van der Waals surface area contributed by atoms with Crippen molar-refractivity contribution in [3.8, 4) is 0 Å². The largest absolute Gasteiger partial charge is 0.376 e. The summed E-state index contributed by atoms with van der Waals surface area (Å²) in [6.07, 6.45) is 3.30. The van der Waals surface area contributed by atoms with Gasteiger partial charge >= 0.3 is 0 Å². The van der Waals surface area contributed by atoms with Gasteiger partial charge in [-0.05, 0) is 19.3 Å². The van der Waals surface area contributed by atoms with Crippen LogP contribution in [0.25, 0.3) is 0 Å². The number of likely N-dealkylation sites (tertiary alicyclic amines) is 1. The Labute approximate surface area is 106 Å². The first-order chi connectivity index (χ1) is 8.31. The summed E-state index contributed by atoms with van der Waals surface area (Å²) in [7, 11) is 0. The van der Waals surface area contributed by atoms with E-state index in [9.17, 15) is 4.79 Å². The number of rotatable bonds is 4. The molecule has 1 atom stereocenters. The Kier molecular flexibility index (Phi) is 4.50. The van der Waals surface area contributed by atoms with Crippen LogP contribution in [0.15, 0.2) is 10.9 Å². The van der Waals surface area contributed by atoms with E-state index in [0.717, 1.165) is 32.4 Å². The van der Waals surface area contributed by atoms with Crippen LogP contribution in [0.2, 0.25) is 0 Å². The highest BCUT2D eigenvalue weighted by atomic mass is 32.1. The third kappa shape index (κ3) is 3.26. The number of ether oxygens (including phenoxy) is 1. The molecule has 2 heterocycles. The van der Waals surface area contributed by atoms with Gasteiger partial charge in [-0.2, -0.15) is 0 Å². The van der Waals surface area contributed by atoms with Crippen molar-refractivity contribution in [1.82, 2.24) is 9.88 Å². The van der Waals surface area contributed by atoms with Crippen molar-refractivity contribution in [2.75, 3.05) is 19.7 Å². The highest BCUT2D eigenvalue weighted by molar-refractivity contribution is 7.07. The van der Waals surface area contributed by atoms with Crippen molar-refractivity contribution in [3.05, 3.63) is 16.6 Å². The van der Waals surface area contributed by atoms with E-state index in [1.807, 2.05) is 4.90 Å². The highest BCUT2D eigenvalue weighted by Crippen LogP contribution is 2.16. The van der Waals surface area contributed by atoms with E-state index < -0.39 is 0 Å². The molecule has 0 aromatic carbocycles. The molecule has 17 heavy (non-hydrogen) atoms. The Morgan fingerprint density at radius 1 is 1.71 bits per heavy atom. The van der Waals surface area contributed by atoms with Gasteiger partial charge in [0.15, 0.2) is 0 Å². The van der Waals surface area contributed by atoms with Crippen molar-refractivity contribution in [3.63, 3.8) is 0 Å². The van der Waals surface area contributed by atoms with Crippen molar-refractivity contribution >= 4 is 17.2 Å². The third-order valence-corrected chi connectivity index (χ3v) is 3.46. The molecule has 1 aliphatic rings. The van der Waals surface area contributed by atoms with Crippen LogP contribution >= 0.6 is 11.3 Å². The van der Waals surface area contributed by atoms with Crippen LogP contribution < -0.4 is 0 Å². The standard InChI is InChI=1S/C12H18N2O2S/c1-2-6-16-10-4-3-5-14(7-10)12(15)11-8-17-9-13-11/h8-10H,2-7H2,1H3. The number of thiazole rings is 1. The zero-order chi connectivity index (χ0) is 12.1. The second-order valence-electron chi connectivity index (χ2n) is 4.26. The quantitative estimate of drug-likeness (QED) is 0.827. The maximum Gasteiger partial charge on any atom is 0.273 e. The normalized spacial score (nSPS) is 20.5. The lowest BCUT2D eigenvalue weighted by molar-refractivity contribution is 0.00195. The Balaban J connectivity index is 1.90. The minimum atomic E-state index is 0.0380. The number of piperidine rings is 1. The minimum absolute atomic E-state index is 0.0380. The average Bonchev–Trinajstić information content (AvgIpc) is 2.89. The molecule has 0 bridgehead atoms. The van der Waals surface area contributed by atoms with Gasteiger partial charge < -0.3 is 9.64 Å². The van der Waals surface area contributed by atoms with E-state index in [2.05, 4.69) is 11.9 Å². The van der Waals surface area contributed by atoms with Gasteiger partial charge in [-0.15, -0.1) is 11.3 Å². The predicted octanol–water partition coefficient (Wildman–Crippen LogP) is 2.17. The number of hydrogen-bond acceptors (Lipinski definition) is 4. The van der Waals surface area contributed by atoms with Crippen molar-refractivity contribution in [1.29, 1.82) is 0 Å². The van der Waals surface area contributed by atoms with E-state index in [-0.39, 0.29) is 12.0 Å². The van der Waals surface area contributed by atoms with Crippen molar-refractivity contribution < 1.29 is 9.53 Å². The maximum atomic E-state index is 12.1. The smallest absolute Gasteiger partial charge is 0.273 e. The van der Waals surface area contributed by atoms with Gasteiger partial charge in [0, 0.05) is 25.1 Å². The Morgan fingerprint density at radius 3 is 3.29 bits per heavy atom. The summed E-state index contributed by atoms with van der Waals surface area (Å²) in [5.41, 5.74) is 2.26. The molecule has 1 aromatic rings. The van der Waals surface area contributed by atoms with Crippen LogP contribution in [-0.2, 0) is 4.74 Å². The number of carbonyl (C=O) groups excluding carboxylic acids is 1. The SMILES string of the molecule is CCCOC1CCCN(C(=O)c2cscn2)C1. The molecule has 1 fully saturated rings. The molecule has 1 aliphatic heterocycles. The van der Waals surface area contributed by atoms with Crippen LogP contribution in [0.3, 0.4) is 0 Å². The van der Waals surface area contributed by atoms with Gasteiger partial charge in [0.1, 0.15) is 5.69 Å².